The zero-order valence-corrected chi connectivity index (χ0v) is 12.4. The standard InChI is InChI=1S/C15H12BrF3O/c1-7-5-9(6-8(2)12(7)16)15(20)10-3-4-11(17)14(19)13(10)18/h3-6,15,20H,1-2H3. The van der Waals surface area contributed by atoms with E-state index in [0.717, 1.165) is 27.7 Å². The molecule has 1 unspecified atom stereocenters. The molecule has 0 amide bonds. The van der Waals surface area contributed by atoms with Crippen molar-refractivity contribution in [2.24, 2.45) is 0 Å². The summed E-state index contributed by atoms with van der Waals surface area (Å²) in [5.41, 5.74) is 1.86. The molecule has 2 aromatic rings. The molecule has 1 N–H and O–H groups in total. The topological polar surface area (TPSA) is 20.2 Å². The number of aliphatic hydroxyl groups excluding tert-OH is 1. The van der Waals surface area contributed by atoms with Gasteiger partial charge in [-0.2, -0.15) is 0 Å². The summed E-state index contributed by atoms with van der Waals surface area (Å²) in [6.07, 6.45) is -1.35. The molecule has 0 aliphatic rings. The van der Waals surface area contributed by atoms with E-state index in [2.05, 4.69) is 15.9 Å². The monoisotopic (exact) mass is 344 g/mol. The Morgan fingerprint density at radius 1 is 1.00 bits per heavy atom. The number of benzene rings is 2. The highest BCUT2D eigenvalue weighted by Crippen LogP contribution is 2.30. The lowest BCUT2D eigenvalue weighted by molar-refractivity contribution is 0.212. The highest BCUT2D eigenvalue weighted by Gasteiger charge is 2.21. The van der Waals surface area contributed by atoms with Gasteiger partial charge in [0, 0.05) is 10.0 Å². The van der Waals surface area contributed by atoms with Gasteiger partial charge in [0.1, 0.15) is 6.10 Å². The number of hydrogen-bond acceptors (Lipinski definition) is 1. The molecular weight excluding hydrogens is 333 g/mol. The molecule has 1 nitrogen and oxygen atoms in total. The second kappa shape index (κ2) is 5.58. The average Bonchev–Trinajstić information content (AvgIpc) is 2.41. The molecule has 0 heterocycles. The molecule has 5 heteroatoms. The molecule has 0 saturated carbocycles. The van der Waals surface area contributed by atoms with Gasteiger partial charge in [-0.3, -0.25) is 0 Å². The number of aliphatic hydroxyl groups is 1. The Morgan fingerprint density at radius 2 is 1.55 bits per heavy atom. The van der Waals surface area contributed by atoms with Crippen molar-refractivity contribution in [2.45, 2.75) is 20.0 Å². The van der Waals surface area contributed by atoms with E-state index >= 15 is 0 Å². The lowest BCUT2D eigenvalue weighted by Gasteiger charge is -2.15. The normalized spacial score (nSPS) is 12.6. The van der Waals surface area contributed by atoms with Crippen molar-refractivity contribution in [3.05, 3.63) is 68.4 Å². The largest absolute Gasteiger partial charge is 0.384 e. The molecule has 2 rings (SSSR count). The van der Waals surface area contributed by atoms with Crippen molar-refractivity contribution < 1.29 is 18.3 Å². The molecule has 20 heavy (non-hydrogen) atoms. The molecule has 0 aromatic heterocycles. The maximum Gasteiger partial charge on any atom is 0.194 e. The lowest BCUT2D eigenvalue weighted by atomic mass is 9.97. The highest BCUT2D eigenvalue weighted by atomic mass is 79.9. The van der Waals surface area contributed by atoms with Crippen LogP contribution in [0.3, 0.4) is 0 Å². The van der Waals surface area contributed by atoms with Crippen LogP contribution in [0.15, 0.2) is 28.7 Å². The summed E-state index contributed by atoms with van der Waals surface area (Å²) in [4.78, 5) is 0. The summed E-state index contributed by atoms with van der Waals surface area (Å²) in [6, 6.07) is 5.19. The third-order valence-corrected chi connectivity index (χ3v) is 4.38. The van der Waals surface area contributed by atoms with E-state index in [4.69, 9.17) is 0 Å². The van der Waals surface area contributed by atoms with Gasteiger partial charge < -0.3 is 5.11 Å². The quantitative estimate of drug-likeness (QED) is 0.791. The van der Waals surface area contributed by atoms with Crippen LogP contribution in [0.1, 0.15) is 28.4 Å². The van der Waals surface area contributed by atoms with E-state index in [1.165, 1.54) is 0 Å². The Balaban J connectivity index is 2.52. The van der Waals surface area contributed by atoms with E-state index in [1.54, 1.807) is 12.1 Å². The maximum absolute atomic E-state index is 13.7. The van der Waals surface area contributed by atoms with E-state index in [9.17, 15) is 18.3 Å². The highest BCUT2D eigenvalue weighted by molar-refractivity contribution is 9.10. The predicted octanol–water partition coefficient (Wildman–Crippen LogP) is 4.56. The number of hydrogen-bond donors (Lipinski definition) is 1. The SMILES string of the molecule is Cc1cc(C(O)c2ccc(F)c(F)c2F)cc(C)c1Br. The zero-order valence-electron chi connectivity index (χ0n) is 10.8. The van der Waals surface area contributed by atoms with Crippen LogP contribution in [0.4, 0.5) is 13.2 Å². The van der Waals surface area contributed by atoms with Crippen LogP contribution in [-0.2, 0) is 0 Å². The molecule has 0 aliphatic heterocycles. The molecule has 106 valence electrons. The summed E-state index contributed by atoms with van der Waals surface area (Å²) in [7, 11) is 0. The van der Waals surface area contributed by atoms with Crippen LogP contribution in [0.2, 0.25) is 0 Å². The van der Waals surface area contributed by atoms with Gasteiger partial charge in [0.05, 0.1) is 0 Å². The van der Waals surface area contributed by atoms with Crippen LogP contribution in [0.25, 0.3) is 0 Å². The van der Waals surface area contributed by atoms with Gasteiger partial charge in [0.2, 0.25) is 0 Å². The minimum atomic E-state index is -1.58. The van der Waals surface area contributed by atoms with Gasteiger partial charge in [0.15, 0.2) is 17.5 Å². The van der Waals surface area contributed by atoms with Crippen LogP contribution in [0.5, 0.6) is 0 Å². The van der Waals surface area contributed by atoms with Gasteiger partial charge in [-0.25, -0.2) is 13.2 Å². The third-order valence-electron chi connectivity index (χ3n) is 3.13. The first-order valence-electron chi connectivity index (χ1n) is 5.91. The van der Waals surface area contributed by atoms with Crippen LogP contribution in [-0.4, -0.2) is 5.11 Å². The van der Waals surface area contributed by atoms with E-state index in [1.807, 2.05) is 13.8 Å². The minimum absolute atomic E-state index is 0.287. The van der Waals surface area contributed by atoms with Crippen LogP contribution in [0, 0.1) is 31.3 Å². The molecule has 0 fully saturated rings. The van der Waals surface area contributed by atoms with Crippen LogP contribution >= 0.6 is 15.9 Å². The first kappa shape index (κ1) is 15.1. The van der Waals surface area contributed by atoms with Gasteiger partial charge in [0.25, 0.3) is 0 Å². The fourth-order valence-corrected chi connectivity index (χ4v) is 2.30. The fourth-order valence-electron chi connectivity index (χ4n) is 2.07. The second-order valence-corrected chi connectivity index (χ2v) is 5.43. The van der Waals surface area contributed by atoms with Crippen molar-refractivity contribution >= 4 is 15.9 Å². The number of aryl methyl sites for hydroxylation is 2. The molecule has 0 bridgehead atoms. The summed E-state index contributed by atoms with van der Waals surface area (Å²) in [5, 5.41) is 10.2. The average molecular weight is 345 g/mol. The van der Waals surface area contributed by atoms with Crippen molar-refractivity contribution in [2.75, 3.05) is 0 Å². The Bertz CT molecular complexity index is 647. The minimum Gasteiger partial charge on any atom is -0.384 e. The number of halogens is 4. The van der Waals surface area contributed by atoms with Gasteiger partial charge in [-0.1, -0.05) is 34.1 Å². The maximum atomic E-state index is 13.7. The molecule has 0 aliphatic carbocycles. The Morgan fingerprint density at radius 3 is 2.10 bits per heavy atom. The number of rotatable bonds is 2. The van der Waals surface area contributed by atoms with Crippen LogP contribution < -0.4 is 0 Å². The van der Waals surface area contributed by atoms with E-state index in [0.29, 0.717) is 5.56 Å². The Hall–Kier alpha value is -1.33. The Labute approximate surface area is 123 Å². The fraction of sp³-hybridized carbons (Fsp3) is 0.200. The second-order valence-electron chi connectivity index (χ2n) is 4.64. The molecule has 0 spiro atoms. The zero-order chi connectivity index (χ0) is 15.0. The first-order chi connectivity index (χ1) is 9.32. The van der Waals surface area contributed by atoms with Crippen molar-refractivity contribution in [3.8, 4) is 0 Å². The lowest BCUT2D eigenvalue weighted by Crippen LogP contribution is -2.06. The molecule has 0 radical (unpaired) electrons. The van der Waals surface area contributed by atoms with Gasteiger partial charge >= 0.3 is 0 Å². The van der Waals surface area contributed by atoms with E-state index in [-0.39, 0.29) is 5.56 Å². The molecule has 0 saturated heterocycles. The van der Waals surface area contributed by atoms with Crippen molar-refractivity contribution in [1.29, 1.82) is 0 Å². The van der Waals surface area contributed by atoms with E-state index < -0.39 is 23.6 Å². The summed E-state index contributed by atoms with van der Waals surface area (Å²) >= 11 is 3.39. The summed E-state index contributed by atoms with van der Waals surface area (Å²) in [6.45, 7) is 3.66. The Kier molecular flexibility index (Phi) is 4.20. The third kappa shape index (κ3) is 2.60. The van der Waals surface area contributed by atoms with Crippen molar-refractivity contribution in [1.82, 2.24) is 0 Å². The molecule has 2 aromatic carbocycles. The first-order valence-corrected chi connectivity index (χ1v) is 6.70. The summed E-state index contributed by atoms with van der Waals surface area (Å²) < 4.78 is 40.7. The smallest absolute Gasteiger partial charge is 0.194 e. The predicted molar refractivity (Wildman–Crippen MR) is 74.0 cm³/mol. The van der Waals surface area contributed by atoms with Gasteiger partial charge in [-0.15, -0.1) is 0 Å². The molecular formula is C15H12BrF3O. The van der Waals surface area contributed by atoms with Gasteiger partial charge in [-0.05, 0) is 36.6 Å². The summed E-state index contributed by atoms with van der Waals surface area (Å²) in [5.74, 6) is -4.22. The van der Waals surface area contributed by atoms with Crippen molar-refractivity contribution in [3.63, 3.8) is 0 Å². The molecule has 1 atom stereocenters.